The molecule has 2 aliphatic carbocycles. The van der Waals surface area contributed by atoms with E-state index in [4.69, 9.17) is 21.1 Å². The third kappa shape index (κ3) is 4.68. The van der Waals surface area contributed by atoms with Gasteiger partial charge < -0.3 is 9.47 Å². The van der Waals surface area contributed by atoms with E-state index in [1.165, 1.54) is 12.8 Å². The summed E-state index contributed by atoms with van der Waals surface area (Å²) < 4.78 is 13.1. The molecule has 38 heavy (non-hydrogen) atoms. The molecule has 1 fully saturated rings. The van der Waals surface area contributed by atoms with Gasteiger partial charge >= 0.3 is 0 Å². The minimum Gasteiger partial charge on any atom is -0.488 e. The first-order chi connectivity index (χ1) is 18.4. The zero-order chi connectivity index (χ0) is 26.3. The highest BCUT2D eigenvalue weighted by atomic mass is 127. The van der Waals surface area contributed by atoms with Crippen molar-refractivity contribution in [3.63, 3.8) is 0 Å². The van der Waals surface area contributed by atoms with Gasteiger partial charge in [-0.15, -0.1) is 10.2 Å². The van der Waals surface area contributed by atoms with Gasteiger partial charge in [0.05, 0.1) is 8.59 Å². The maximum Gasteiger partial charge on any atom is 0.204 e. The number of hydrogen-bond donors (Lipinski definition) is 1. The van der Waals surface area contributed by atoms with Gasteiger partial charge in [-0.3, -0.25) is 4.79 Å². The fourth-order valence-electron chi connectivity index (χ4n) is 5.75. The summed E-state index contributed by atoms with van der Waals surface area (Å²) in [7, 11) is 0. The Morgan fingerprint density at radius 1 is 1.11 bits per heavy atom. The quantitative estimate of drug-likeness (QED) is 0.211. The predicted molar refractivity (Wildman–Crippen MR) is 153 cm³/mol. The van der Waals surface area contributed by atoms with Crippen LogP contribution in [0, 0.1) is 14.9 Å². The summed E-state index contributed by atoms with van der Waals surface area (Å²) in [6, 6.07) is 17.3. The van der Waals surface area contributed by atoms with E-state index in [0.717, 1.165) is 39.5 Å². The largest absolute Gasteiger partial charge is 0.488 e. The molecule has 1 unspecified atom stereocenters. The molecule has 4 aromatic rings. The molecule has 1 atom stereocenters. The van der Waals surface area contributed by atoms with E-state index in [0.29, 0.717) is 46.2 Å². The van der Waals surface area contributed by atoms with E-state index >= 15 is 0 Å². The molecule has 0 spiro atoms. The molecule has 1 N–H and O–H groups in total. The molecule has 6 rings (SSSR count). The Morgan fingerprint density at radius 3 is 2.63 bits per heavy atom. The van der Waals surface area contributed by atoms with E-state index < -0.39 is 0 Å². The molecule has 1 heterocycles. The molecule has 0 saturated heterocycles. The lowest BCUT2D eigenvalue weighted by Crippen LogP contribution is -2.32. The van der Waals surface area contributed by atoms with Crippen LogP contribution in [0.15, 0.2) is 54.6 Å². The van der Waals surface area contributed by atoms with Crippen molar-refractivity contribution >= 4 is 40.0 Å². The fourth-order valence-corrected chi connectivity index (χ4v) is 6.63. The number of halogens is 2. The molecule has 0 bridgehead atoms. The van der Waals surface area contributed by atoms with Gasteiger partial charge in [-0.2, -0.15) is 5.21 Å². The van der Waals surface area contributed by atoms with Crippen LogP contribution in [0.25, 0.3) is 11.4 Å². The van der Waals surface area contributed by atoms with Crippen molar-refractivity contribution in [1.29, 1.82) is 0 Å². The van der Waals surface area contributed by atoms with Crippen molar-refractivity contribution < 1.29 is 14.3 Å². The molecule has 9 heteroatoms. The van der Waals surface area contributed by atoms with Crippen molar-refractivity contribution in [3.05, 3.63) is 79.9 Å². The smallest absolute Gasteiger partial charge is 0.204 e. The summed E-state index contributed by atoms with van der Waals surface area (Å²) in [5, 5.41) is 14.5. The molecule has 0 radical (unpaired) electrons. The number of nitrogens with zero attached hydrogens (tertiary/aromatic N) is 3. The number of H-pyrrole nitrogens is 1. The zero-order valence-corrected chi connectivity index (χ0v) is 23.8. The van der Waals surface area contributed by atoms with Gasteiger partial charge in [0, 0.05) is 16.5 Å². The fraction of sp³-hybridized carbons (Fsp3) is 0.310. The first kappa shape index (κ1) is 25.3. The molecule has 3 aromatic carbocycles. The lowest BCUT2D eigenvalue weighted by molar-refractivity contribution is 0.0744. The second-order valence-electron chi connectivity index (χ2n) is 10.2. The number of ether oxygens (including phenoxy) is 2. The van der Waals surface area contributed by atoms with Crippen molar-refractivity contribution in [3.8, 4) is 28.6 Å². The van der Waals surface area contributed by atoms with Crippen LogP contribution in [0.1, 0.15) is 54.1 Å². The molecule has 194 valence electrons. The zero-order valence-electron chi connectivity index (χ0n) is 20.8. The van der Waals surface area contributed by atoms with Gasteiger partial charge in [0.25, 0.3) is 0 Å². The van der Waals surface area contributed by atoms with Gasteiger partial charge in [0.15, 0.2) is 5.78 Å². The standard InChI is InChI=1S/C29H26ClIN4O3/c1-29(20-6-2-3-7-20)15-19-14-23(26(31)25(30)24(19)27(29)36)37-16-17-5-4-8-22(13-17)38-21-11-9-18(10-12-21)28-32-34-35-33-28/h4-5,8-14,20H,2-3,6-7,15-16H2,1H3,(H,32,33,34,35). The lowest BCUT2D eigenvalue weighted by Gasteiger charge is -2.29. The Bertz CT molecular complexity index is 1490. The second kappa shape index (κ2) is 10.3. The van der Waals surface area contributed by atoms with Crippen molar-refractivity contribution in [2.45, 2.75) is 45.6 Å². The second-order valence-corrected chi connectivity index (χ2v) is 11.7. The maximum atomic E-state index is 13.5. The predicted octanol–water partition coefficient (Wildman–Crippen LogP) is 7.43. The number of aromatic nitrogens is 4. The molecule has 1 aromatic heterocycles. The Hall–Kier alpha value is -2.98. The van der Waals surface area contributed by atoms with E-state index in [-0.39, 0.29) is 11.2 Å². The number of Topliss-reactive ketones (excluding diaryl/α,β-unsaturated/α-hetero) is 1. The van der Waals surface area contributed by atoms with Crippen LogP contribution in [0.4, 0.5) is 0 Å². The summed E-state index contributed by atoms with van der Waals surface area (Å²) in [5.74, 6) is 3.27. The third-order valence-electron chi connectivity index (χ3n) is 7.80. The Labute approximate surface area is 239 Å². The van der Waals surface area contributed by atoms with Gasteiger partial charge in [-0.1, -0.05) is 43.5 Å². The number of hydrogen-bond acceptors (Lipinski definition) is 6. The Kier molecular flexibility index (Phi) is 6.86. The van der Waals surface area contributed by atoms with Gasteiger partial charge in [-0.05, 0) is 107 Å². The third-order valence-corrected chi connectivity index (χ3v) is 9.57. The van der Waals surface area contributed by atoms with Crippen LogP contribution >= 0.6 is 34.2 Å². The molecule has 2 aliphatic rings. The molecule has 0 amide bonds. The van der Waals surface area contributed by atoms with E-state index in [1.54, 1.807) is 0 Å². The van der Waals surface area contributed by atoms with E-state index in [1.807, 2.05) is 54.6 Å². The van der Waals surface area contributed by atoms with Crippen molar-refractivity contribution in [2.24, 2.45) is 11.3 Å². The first-order valence-electron chi connectivity index (χ1n) is 12.7. The Morgan fingerprint density at radius 2 is 1.89 bits per heavy atom. The number of benzene rings is 3. The molecule has 1 saturated carbocycles. The van der Waals surface area contributed by atoms with E-state index in [9.17, 15) is 4.79 Å². The van der Waals surface area contributed by atoms with E-state index in [2.05, 4.69) is 50.1 Å². The number of carbonyl (C=O) groups is 1. The number of aromatic amines is 1. The number of nitrogens with one attached hydrogen (secondary N) is 1. The van der Waals surface area contributed by atoms with Crippen LogP contribution in [0.5, 0.6) is 17.2 Å². The average molecular weight is 641 g/mol. The van der Waals surface area contributed by atoms with Crippen molar-refractivity contribution in [2.75, 3.05) is 0 Å². The summed E-state index contributed by atoms with van der Waals surface area (Å²) in [6.07, 6.45) is 5.38. The minimum absolute atomic E-state index is 0.198. The van der Waals surface area contributed by atoms with Crippen LogP contribution < -0.4 is 9.47 Å². The monoisotopic (exact) mass is 640 g/mol. The highest BCUT2D eigenvalue weighted by molar-refractivity contribution is 14.1. The SMILES string of the molecule is CC1(C2CCCC2)Cc2cc(OCc3cccc(Oc4ccc(-c5nn[nH]n5)cc4)c3)c(I)c(Cl)c2C1=O. The van der Waals surface area contributed by atoms with Crippen LogP contribution in [-0.4, -0.2) is 26.4 Å². The van der Waals surface area contributed by atoms with Gasteiger partial charge in [0.2, 0.25) is 5.82 Å². The number of ketones is 1. The molecular formula is C29H26ClIN4O3. The molecular weight excluding hydrogens is 615 g/mol. The topological polar surface area (TPSA) is 90.0 Å². The summed E-state index contributed by atoms with van der Waals surface area (Å²) in [4.78, 5) is 13.5. The summed E-state index contributed by atoms with van der Waals surface area (Å²) in [6.45, 7) is 2.48. The van der Waals surface area contributed by atoms with Crippen LogP contribution in [0.3, 0.4) is 0 Å². The maximum absolute atomic E-state index is 13.5. The van der Waals surface area contributed by atoms with Crippen LogP contribution in [-0.2, 0) is 13.0 Å². The number of rotatable bonds is 7. The highest BCUT2D eigenvalue weighted by Crippen LogP contribution is 2.51. The normalized spacial score (nSPS) is 19.1. The number of fused-ring (bicyclic) bond motifs is 1. The number of tetrazole rings is 1. The summed E-state index contributed by atoms with van der Waals surface area (Å²) >= 11 is 8.96. The first-order valence-corrected chi connectivity index (χ1v) is 14.2. The van der Waals surface area contributed by atoms with Crippen LogP contribution in [0.2, 0.25) is 5.02 Å². The summed E-state index contributed by atoms with van der Waals surface area (Å²) in [5.41, 5.74) is 3.15. The highest BCUT2D eigenvalue weighted by Gasteiger charge is 2.49. The molecule has 7 nitrogen and oxygen atoms in total. The minimum atomic E-state index is -0.362. The lowest BCUT2D eigenvalue weighted by atomic mass is 9.73. The number of carbonyl (C=O) groups excluding carboxylic acids is 1. The van der Waals surface area contributed by atoms with Crippen molar-refractivity contribution in [1.82, 2.24) is 20.6 Å². The van der Waals surface area contributed by atoms with Gasteiger partial charge in [-0.25, -0.2) is 0 Å². The Balaban J connectivity index is 1.16. The molecule has 0 aliphatic heterocycles. The average Bonchev–Trinajstić information content (AvgIpc) is 3.69. The van der Waals surface area contributed by atoms with Gasteiger partial charge in [0.1, 0.15) is 23.9 Å².